The monoisotopic (exact) mass is 745 g/mol. The molecular weight excluding hydrogens is 711 g/mol. The summed E-state index contributed by atoms with van der Waals surface area (Å²) in [5.74, 6) is 0. The van der Waals surface area contributed by atoms with Gasteiger partial charge in [-0.3, -0.25) is 4.98 Å². The quantitative estimate of drug-likeness (QED) is 0.164. The normalized spacial score (nSPS) is 14.8. The van der Waals surface area contributed by atoms with Gasteiger partial charge >= 0.3 is 0 Å². The van der Waals surface area contributed by atoms with Crippen molar-refractivity contribution in [3.8, 4) is 55.8 Å². The van der Waals surface area contributed by atoms with Crippen LogP contribution in [0.25, 0.3) is 98.9 Å². The van der Waals surface area contributed by atoms with E-state index in [4.69, 9.17) is 4.98 Å². The molecule has 1 heterocycles. The average molecular weight is 746 g/mol. The molecule has 1 unspecified atom stereocenters. The highest BCUT2D eigenvalue weighted by Crippen LogP contribution is 2.61. The van der Waals surface area contributed by atoms with Crippen LogP contribution in [0.4, 0.5) is 0 Å². The minimum absolute atomic E-state index is 0.487. The van der Waals surface area contributed by atoms with Crippen molar-refractivity contribution in [2.24, 2.45) is 0 Å². The van der Waals surface area contributed by atoms with Crippen LogP contribution >= 0.6 is 0 Å². The molecule has 2 aliphatic rings. The van der Waals surface area contributed by atoms with Gasteiger partial charge in [0.25, 0.3) is 0 Å². The zero-order chi connectivity index (χ0) is 38.7. The van der Waals surface area contributed by atoms with Gasteiger partial charge in [-0.15, -0.1) is 0 Å². The molecule has 11 aromatic rings. The zero-order valence-electron chi connectivity index (χ0n) is 32.2. The Balaban J connectivity index is 1.05. The topological polar surface area (TPSA) is 12.9 Å². The Morgan fingerprint density at radius 1 is 0.288 bits per heavy atom. The average Bonchev–Trinajstić information content (AvgIpc) is 3.60. The molecule has 1 aromatic heterocycles. The van der Waals surface area contributed by atoms with E-state index in [2.05, 4.69) is 206 Å². The van der Waals surface area contributed by atoms with Gasteiger partial charge in [-0.25, -0.2) is 0 Å². The molecule has 1 spiro atoms. The number of aromatic nitrogens is 1. The molecule has 0 bridgehead atoms. The molecule has 10 aromatic carbocycles. The van der Waals surface area contributed by atoms with E-state index in [0.29, 0.717) is 0 Å². The first-order valence-electron chi connectivity index (χ1n) is 20.5. The Bertz CT molecular complexity index is 3540. The summed E-state index contributed by atoms with van der Waals surface area (Å²) in [5.41, 5.74) is 16.9. The Labute approximate surface area is 342 Å². The van der Waals surface area contributed by atoms with E-state index in [9.17, 15) is 0 Å². The van der Waals surface area contributed by atoms with E-state index in [1.165, 1.54) is 115 Å². The van der Waals surface area contributed by atoms with Gasteiger partial charge in [0, 0.05) is 11.8 Å². The molecule has 1 nitrogen and oxygen atoms in total. The lowest BCUT2D eigenvalue weighted by atomic mass is 9.61. The lowest BCUT2D eigenvalue weighted by molar-refractivity contribution is 0.771. The smallest absolute Gasteiger partial charge is 0.0753 e. The minimum atomic E-state index is -0.487. The standard InChI is InChI=1S/C58H35N/c1-2-13-36(14-3-1)37-26-28-38(29-27-37)47-34-49-44-20-7-5-18-42(44)48(35-50(49)43-19-6-4-17-41(43)47)40-30-31-53-51(33-40)57-55(25-12-32-59-57)58(53)52-23-9-8-21-45(52)46-22-10-15-39-16-11-24-54(58)56(39)46/h1-35H. The Morgan fingerprint density at radius 3 is 1.59 bits per heavy atom. The number of nitrogens with zero attached hydrogens (tertiary/aromatic N) is 1. The van der Waals surface area contributed by atoms with Crippen LogP contribution in [-0.2, 0) is 5.41 Å². The summed E-state index contributed by atoms with van der Waals surface area (Å²) in [4.78, 5) is 5.19. The van der Waals surface area contributed by atoms with Crippen molar-refractivity contribution in [1.82, 2.24) is 4.98 Å². The molecule has 2 aliphatic carbocycles. The third-order valence-electron chi connectivity index (χ3n) is 13.3. The van der Waals surface area contributed by atoms with Crippen LogP contribution in [0, 0.1) is 0 Å². The van der Waals surface area contributed by atoms with Crippen LogP contribution in [0.5, 0.6) is 0 Å². The molecule has 0 fully saturated rings. The van der Waals surface area contributed by atoms with Gasteiger partial charge in [0.1, 0.15) is 0 Å². The summed E-state index contributed by atoms with van der Waals surface area (Å²) in [7, 11) is 0. The van der Waals surface area contributed by atoms with Crippen molar-refractivity contribution in [1.29, 1.82) is 0 Å². The highest BCUT2D eigenvalue weighted by atomic mass is 14.7. The van der Waals surface area contributed by atoms with E-state index < -0.39 is 5.41 Å². The van der Waals surface area contributed by atoms with E-state index in [1.807, 2.05) is 6.20 Å². The van der Waals surface area contributed by atoms with Crippen molar-refractivity contribution in [3.05, 3.63) is 235 Å². The van der Waals surface area contributed by atoms with Gasteiger partial charge in [0.05, 0.1) is 11.1 Å². The third-order valence-corrected chi connectivity index (χ3v) is 13.3. The highest BCUT2D eigenvalue weighted by molar-refractivity contribution is 6.24. The van der Waals surface area contributed by atoms with Crippen molar-refractivity contribution < 1.29 is 0 Å². The number of pyridine rings is 1. The van der Waals surface area contributed by atoms with Crippen molar-refractivity contribution in [2.45, 2.75) is 5.41 Å². The summed E-state index contributed by atoms with van der Waals surface area (Å²) in [6.45, 7) is 0. The lowest BCUT2D eigenvalue weighted by Gasteiger charge is -2.39. The Kier molecular flexibility index (Phi) is 6.71. The molecule has 0 amide bonds. The molecule has 0 N–H and O–H groups in total. The number of hydrogen-bond acceptors (Lipinski definition) is 1. The highest BCUT2D eigenvalue weighted by Gasteiger charge is 2.50. The number of hydrogen-bond donors (Lipinski definition) is 0. The maximum absolute atomic E-state index is 5.19. The van der Waals surface area contributed by atoms with E-state index >= 15 is 0 Å². The lowest BCUT2D eigenvalue weighted by Crippen LogP contribution is -2.31. The molecule has 1 heteroatoms. The summed E-state index contributed by atoms with van der Waals surface area (Å²) >= 11 is 0. The molecule has 0 saturated heterocycles. The predicted octanol–water partition coefficient (Wildman–Crippen LogP) is 15.0. The summed E-state index contributed by atoms with van der Waals surface area (Å²) in [6.07, 6.45) is 1.96. The van der Waals surface area contributed by atoms with E-state index in [1.54, 1.807) is 0 Å². The first-order chi connectivity index (χ1) is 29.3. The summed E-state index contributed by atoms with van der Waals surface area (Å²) in [6, 6.07) is 76.7. The fraction of sp³-hybridized carbons (Fsp3) is 0.0172. The molecule has 13 rings (SSSR count). The summed E-state index contributed by atoms with van der Waals surface area (Å²) in [5, 5.41) is 10.2. The molecule has 272 valence electrons. The van der Waals surface area contributed by atoms with Gasteiger partial charge in [0.15, 0.2) is 0 Å². The van der Waals surface area contributed by atoms with Gasteiger partial charge in [0.2, 0.25) is 0 Å². The van der Waals surface area contributed by atoms with Crippen molar-refractivity contribution in [2.75, 3.05) is 0 Å². The largest absolute Gasteiger partial charge is 0.256 e. The summed E-state index contributed by atoms with van der Waals surface area (Å²) < 4.78 is 0. The Hall–Kier alpha value is -7.61. The maximum Gasteiger partial charge on any atom is 0.0753 e. The zero-order valence-corrected chi connectivity index (χ0v) is 32.2. The van der Waals surface area contributed by atoms with Gasteiger partial charge < -0.3 is 0 Å². The van der Waals surface area contributed by atoms with Crippen LogP contribution in [0.1, 0.15) is 22.3 Å². The van der Waals surface area contributed by atoms with Gasteiger partial charge in [-0.2, -0.15) is 0 Å². The molecule has 0 radical (unpaired) electrons. The first-order valence-corrected chi connectivity index (χ1v) is 20.5. The van der Waals surface area contributed by atoms with Crippen LogP contribution in [0.3, 0.4) is 0 Å². The van der Waals surface area contributed by atoms with Gasteiger partial charge in [-0.1, -0.05) is 182 Å². The van der Waals surface area contributed by atoms with Crippen molar-refractivity contribution >= 4 is 43.1 Å². The second-order valence-corrected chi connectivity index (χ2v) is 16.1. The molecule has 59 heavy (non-hydrogen) atoms. The second-order valence-electron chi connectivity index (χ2n) is 16.1. The first kappa shape index (κ1) is 32.5. The van der Waals surface area contributed by atoms with Crippen LogP contribution in [-0.4, -0.2) is 4.98 Å². The number of benzene rings is 10. The van der Waals surface area contributed by atoms with Crippen LogP contribution in [0.2, 0.25) is 0 Å². The predicted molar refractivity (Wildman–Crippen MR) is 247 cm³/mol. The Morgan fingerprint density at radius 2 is 0.831 bits per heavy atom. The maximum atomic E-state index is 5.19. The number of fused-ring (bicyclic) bond motifs is 14. The minimum Gasteiger partial charge on any atom is -0.256 e. The van der Waals surface area contributed by atoms with E-state index in [0.717, 1.165) is 5.69 Å². The second kappa shape index (κ2) is 12.2. The van der Waals surface area contributed by atoms with Crippen LogP contribution in [0.15, 0.2) is 212 Å². The van der Waals surface area contributed by atoms with E-state index in [-0.39, 0.29) is 0 Å². The van der Waals surface area contributed by atoms with Gasteiger partial charge in [-0.05, 0) is 134 Å². The van der Waals surface area contributed by atoms with Crippen LogP contribution < -0.4 is 0 Å². The SMILES string of the molecule is c1ccc(-c2ccc(-c3cc4c5ccccc5c(-c5ccc6c(c5)-c5ncccc5C65c6ccccc6-c6cccc7cccc5c67)cc4c4ccccc34)cc2)cc1. The van der Waals surface area contributed by atoms with Crippen molar-refractivity contribution in [3.63, 3.8) is 0 Å². The molecule has 1 atom stereocenters. The third kappa shape index (κ3) is 4.42. The molecular formula is C58H35N. The molecule has 0 saturated carbocycles. The fourth-order valence-corrected chi connectivity index (χ4v) is 10.9. The molecule has 0 aliphatic heterocycles. The fourth-order valence-electron chi connectivity index (χ4n) is 10.9. The number of rotatable bonds is 3.